The van der Waals surface area contributed by atoms with E-state index in [1.807, 2.05) is 18.2 Å². The molecule has 0 unspecified atom stereocenters. The molecular weight excluding hydrogens is 344 g/mol. The summed E-state index contributed by atoms with van der Waals surface area (Å²) in [6, 6.07) is 7.32. The lowest BCUT2D eigenvalue weighted by molar-refractivity contribution is -0.145. The molecule has 132 valence electrons. The van der Waals surface area contributed by atoms with Gasteiger partial charge in [0.25, 0.3) is 0 Å². The largest absolute Gasteiger partial charge is 0.481 e. The monoisotopic (exact) mass is 362 g/mol. The Bertz CT molecular complexity index is 774. The lowest BCUT2D eigenvalue weighted by Gasteiger charge is -2.30. The fraction of sp³-hybridized carbons (Fsp3) is 0.389. The molecule has 1 fully saturated rings. The zero-order valence-electron chi connectivity index (χ0n) is 13.7. The van der Waals surface area contributed by atoms with Crippen molar-refractivity contribution in [3.63, 3.8) is 0 Å². The van der Waals surface area contributed by atoms with Gasteiger partial charge in [-0.25, -0.2) is 4.98 Å². The summed E-state index contributed by atoms with van der Waals surface area (Å²) >= 11 is 6.14. The Hall–Kier alpha value is -2.34. The van der Waals surface area contributed by atoms with Crippen LogP contribution in [0.15, 0.2) is 34.9 Å². The maximum absolute atomic E-state index is 12.3. The Morgan fingerprint density at radius 1 is 1.36 bits per heavy atom. The Kier molecular flexibility index (Phi) is 5.38. The molecule has 0 aliphatic carbocycles. The van der Waals surface area contributed by atoms with Crippen molar-refractivity contribution in [3.8, 4) is 11.3 Å². The molecule has 1 aromatic carbocycles. The maximum Gasteiger partial charge on any atom is 0.308 e. The van der Waals surface area contributed by atoms with E-state index in [4.69, 9.17) is 21.1 Å². The predicted molar refractivity (Wildman–Crippen MR) is 92.2 cm³/mol. The third-order valence-corrected chi connectivity index (χ3v) is 4.70. The van der Waals surface area contributed by atoms with E-state index >= 15 is 0 Å². The summed E-state index contributed by atoms with van der Waals surface area (Å²) in [4.78, 5) is 29.2. The second kappa shape index (κ2) is 7.70. The number of hydrogen-bond acceptors (Lipinski definition) is 4. The summed E-state index contributed by atoms with van der Waals surface area (Å²) in [5.41, 5.74) is 0.759. The van der Waals surface area contributed by atoms with Gasteiger partial charge in [-0.1, -0.05) is 23.7 Å². The molecule has 0 radical (unpaired) electrons. The number of aryl methyl sites for hydroxylation is 1. The number of carbonyl (C=O) groups is 2. The molecule has 1 atom stereocenters. The van der Waals surface area contributed by atoms with Crippen LogP contribution in [0.1, 0.15) is 25.2 Å². The van der Waals surface area contributed by atoms with E-state index in [9.17, 15) is 9.59 Å². The van der Waals surface area contributed by atoms with Gasteiger partial charge in [-0.3, -0.25) is 9.59 Å². The number of rotatable bonds is 5. The molecule has 1 amide bonds. The number of benzene rings is 1. The Morgan fingerprint density at radius 3 is 2.92 bits per heavy atom. The summed E-state index contributed by atoms with van der Waals surface area (Å²) in [6.45, 7) is 0.893. The van der Waals surface area contributed by atoms with Crippen LogP contribution in [0.5, 0.6) is 0 Å². The lowest BCUT2D eigenvalue weighted by atomic mass is 9.98. The van der Waals surface area contributed by atoms with Gasteiger partial charge in [0.15, 0.2) is 11.7 Å². The van der Waals surface area contributed by atoms with Crippen molar-refractivity contribution in [2.75, 3.05) is 13.1 Å². The summed E-state index contributed by atoms with van der Waals surface area (Å²) in [6.07, 6.45) is 3.56. The zero-order chi connectivity index (χ0) is 17.8. The highest BCUT2D eigenvalue weighted by Gasteiger charge is 2.28. The van der Waals surface area contributed by atoms with E-state index < -0.39 is 11.9 Å². The van der Waals surface area contributed by atoms with E-state index in [0.29, 0.717) is 36.1 Å². The van der Waals surface area contributed by atoms with Crippen LogP contribution in [-0.2, 0) is 16.0 Å². The molecule has 3 rings (SSSR count). The molecule has 7 heteroatoms. The standard InChI is InChI=1S/C18H19ClN2O4/c19-14-6-2-1-5-13(14)15-10-20-16(25-15)7-8-17(22)21-9-3-4-12(11-21)18(23)24/h1-2,5-6,10,12H,3-4,7-9,11H2,(H,23,24)/t12-/m0/s1. The Balaban J connectivity index is 1.58. The van der Waals surface area contributed by atoms with Gasteiger partial charge < -0.3 is 14.4 Å². The molecule has 1 saturated heterocycles. The summed E-state index contributed by atoms with van der Waals surface area (Å²) < 4.78 is 5.69. The number of amides is 1. The number of carboxylic acids is 1. The highest BCUT2D eigenvalue weighted by atomic mass is 35.5. The van der Waals surface area contributed by atoms with Gasteiger partial charge in [-0.05, 0) is 25.0 Å². The van der Waals surface area contributed by atoms with Gasteiger partial charge >= 0.3 is 5.97 Å². The van der Waals surface area contributed by atoms with Gasteiger partial charge in [0.1, 0.15) is 0 Å². The molecule has 2 heterocycles. The second-order valence-electron chi connectivity index (χ2n) is 6.12. The van der Waals surface area contributed by atoms with Crippen molar-refractivity contribution in [2.24, 2.45) is 5.92 Å². The molecule has 0 bridgehead atoms. The van der Waals surface area contributed by atoms with Crippen LogP contribution in [0, 0.1) is 5.92 Å². The Morgan fingerprint density at radius 2 is 2.16 bits per heavy atom. The molecule has 1 aliphatic rings. The van der Waals surface area contributed by atoms with Crippen molar-refractivity contribution < 1.29 is 19.1 Å². The molecular formula is C18H19ClN2O4. The SMILES string of the molecule is O=C(O)[C@H]1CCCN(C(=O)CCc2ncc(-c3ccccc3Cl)o2)C1. The third-order valence-electron chi connectivity index (χ3n) is 4.37. The van der Waals surface area contributed by atoms with Gasteiger partial charge in [-0.15, -0.1) is 0 Å². The van der Waals surface area contributed by atoms with Crippen LogP contribution in [0.2, 0.25) is 5.02 Å². The van der Waals surface area contributed by atoms with E-state index in [2.05, 4.69) is 4.98 Å². The number of carbonyl (C=O) groups excluding carboxylic acids is 1. The van der Waals surface area contributed by atoms with Crippen LogP contribution >= 0.6 is 11.6 Å². The molecule has 25 heavy (non-hydrogen) atoms. The van der Waals surface area contributed by atoms with E-state index in [0.717, 1.165) is 12.0 Å². The number of piperidine rings is 1. The number of hydrogen-bond donors (Lipinski definition) is 1. The fourth-order valence-corrected chi connectivity index (χ4v) is 3.22. The summed E-state index contributed by atoms with van der Waals surface area (Å²) in [7, 11) is 0. The number of halogens is 1. The highest BCUT2D eigenvalue weighted by molar-refractivity contribution is 6.33. The predicted octanol–water partition coefficient (Wildman–Crippen LogP) is 3.25. The number of nitrogens with zero attached hydrogens (tertiary/aromatic N) is 2. The normalized spacial score (nSPS) is 17.5. The quantitative estimate of drug-likeness (QED) is 0.882. The minimum Gasteiger partial charge on any atom is -0.481 e. The van der Waals surface area contributed by atoms with Gasteiger partial charge in [0, 0.05) is 31.5 Å². The average Bonchev–Trinajstić information content (AvgIpc) is 3.09. The lowest BCUT2D eigenvalue weighted by Crippen LogP contribution is -2.42. The second-order valence-corrected chi connectivity index (χ2v) is 6.52. The number of likely N-dealkylation sites (tertiary alicyclic amines) is 1. The third kappa shape index (κ3) is 4.20. The first kappa shape index (κ1) is 17.5. The molecule has 0 saturated carbocycles. The van der Waals surface area contributed by atoms with E-state index in [1.54, 1.807) is 17.2 Å². The number of carboxylic acid groups (broad SMARTS) is 1. The van der Waals surface area contributed by atoms with Crippen molar-refractivity contribution in [1.29, 1.82) is 0 Å². The molecule has 6 nitrogen and oxygen atoms in total. The average molecular weight is 363 g/mol. The van der Waals surface area contributed by atoms with E-state index in [1.165, 1.54) is 0 Å². The Labute approximate surface area is 150 Å². The highest BCUT2D eigenvalue weighted by Crippen LogP contribution is 2.28. The topological polar surface area (TPSA) is 83.6 Å². The fourth-order valence-electron chi connectivity index (χ4n) is 2.99. The van der Waals surface area contributed by atoms with Crippen molar-refractivity contribution in [1.82, 2.24) is 9.88 Å². The molecule has 1 aromatic heterocycles. The first-order valence-electron chi connectivity index (χ1n) is 8.25. The smallest absolute Gasteiger partial charge is 0.308 e. The van der Waals surface area contributed by atoms with Crippen molar-refractivity contribution in [3.05, 3.63) is 41.4 Å². The van der Waals surface area contributed by atoms with Gasteiger partial charge in [-0.2, -0.15) is 0 Å². The maximum atomic E-state index is 12.3. The van der Waals surface area contributed by atoms with Crippen LogP contribution in [0.25, 0.3) is 11.3 Å². The van der Waals surface area contributed by atoms with Crippen LogP contribution in [-0.4, -0.2) is 40.0 Å². The minimum absolute atomic E-state index is 0.0663. The number of oxazole rings is 1. The van der Waals surface area contributed by atoms with E-state index in [-0.39, 0.29) is 18.9 Å². The minimum atomic E-state index is -0.838. The molecule has 1 N–H and O–H groups in total. The number of aromatic nitrogens is 1. The van der Waals surface area contributed by atoms with Crippen molar-refractivity contribution in [2.45, 2.75) is 25.7 Å². The summed E-state index contributed by atoms with van der Waals surface area (Å²) in [5.74, 6) is -0.337. The molecule has 0 spiro atoms. The van der Waals surface area contributed by atoms with Crippen LogP contribution in [0.3, 0.4) is 0 Å². The zero-order valence-corrected chi connectivity index (χ0v) is 14.4. The van der Waals surface area contributed by atoms with Crippen molar-refractivity contribution >= 4 is 23.5 Å². The first-order valence-corrected chi connectivity index (χ1v) is 8.62. The molecule has 2 aromatic rings. The van der Waals surface area contributed by atoms with Crippen LogP contribution < -0.4 is 0 Å². The molecule has 1 aliphatic heterocycles. The van der Waals surface area contributed by atoms with Gasteiger partial charge in [0.2, 0.25) is 5.91 Å². The van der Waals surface area contributed by atoms with Gasteiger partial charge in [0.05, 0.1) is 17.1 Å². The van der Waals surface area contributed by atoms with Crippen LogP contribution in [0.4, 0.5) is 0 Å². The summed E-state index contributed by atoms with van der Waals surface area (Å²) in [5, 5.41) is 9.68. The number of aliphatic carboxylic acids is 1. The first-order chi connectivity index (χ1) is 12.0.